The van der Waals surface area contributed by atoms with Crippen molar-refractivity contribution in [1.82, 2.24) is 4.90 Å². The molecular weight excluding hydrogens is 142 g/mol. The lowest BCUT2D eigenvalue weighted by Crippen LogP contribution is -2.22. The molecular formula is C8H19NO2. The van der Waals surface area contributed by atoms with Gasteiger partial charge in [0.05, 0.1) is 6.61 Å². The zero-order valence-electron chi connectivity index (χ0n) is 8.18. The van der Waals surface area contributed by atoms with Gasteiger partial charge in [-0.1, -0.05) is 20.3 Å². The maximum atomic E-state index is 10.4. The van der Waals surface area contributed by atoms with Crippen LogP contribution in [0.2, 0.25) is 0 Å². The van der Waals surface area contributed by atoms with Crippen LogP contribution >= 0.6 is 0 Å². The number of amides is 1. The van der Waals surface area contributed by atoms with Gasteiger partial charge in [-0.25, -0.2) is 4.79 Å². The molecule has 68 valence electrons. The molecule has 0 aliphatic rings. The van der Waals surface area contributed by atoms with Crippen LogP contribution in [0.5, 0.6) is 0 Å². The van der Waals surface area contributed by atoms with E-state index in [0.717, 1.165) is 0 Å². The second-order valence-electron chi connectivity index (χ2n) is 2.30. The van der Waals surface area contributed by atoms with E-state index in [1.54, 1.807) is 21.0 Å². The third-order valence-electron chi connectivity index (χ3n) is 0.633. The summed E-state index contributed by atoms with van der Waals surface area (Å²) in [6, 6.07) is 0. The van der Waals surface area contributed by atoms with Gasteiger partial charge < -0.3 is 9.64 Å². The molecule has 0 aromatic heterocycles. The monoisotopic (exact) mass is 161 g/mol. The van der Waals surface area contributed by atoms with Gasteiger partial charge in [-0.2, -0.15) is 0 Å². The number of nitrogens with zero attached hydrogens (tertiary/aromatic N) is 1. The van der Waals surface area contributed by atoms with Crippen molar-refractivity contribution in [2.45, 2.75) is 27.2 Å². The van der Waals surface area contributed by atoms with Crippen molar-refractivity contribution >= 4 is 6.09 Å². The zero-order chi connectivity index (χ0) is 9.28. The van der Waals surface area contributed by atoms with E-state index in [0.29, 0.717) is 6.61 Å². The number of ether oxygens (including phenoxy) is 1. The molecule has 3 heteroatoms. The maximum Gasteiger partial charge on any atom is 0.409 e. The molecule has 0 aromatic carbocycles. The highest BCUT2D eigenvalue weighted by molar-refractivity contribution is 5.66. The second kappa shape index (κ2) is 9.27. The molecule has 3 nitrogen and oxygen atoms in total. The van der Waals surface area contributed by atoms with E-state index in [-0.39, 0.29) is 6.09 Å². The summed E-state index contributed by atoms with van der Waals surface area (Å²) in [5, 5.41) is 0. The fourth-order valence-electron chi connectivity index (χ4n) is 0.253. The van der Waals surface area contributed by atoms with Gasteiger partial charge in [0.15, 0.2) is 0 Å². The van der Waals surface area contributed by atoms with Gasteiger partial charge in [0.1, 0.15) is 0 Å². The third-order valence-corrected chi connectivity index (χ3v) is 0.633. The smallest absolute Gasteiger partial charge is 0.409 e. The Balaban J connectivity index is 0. The minimum absolute atomic E-state index is 0.285. The highest BCUT2D eigenvalue weighted by atomic mass is 16.5. The van der Waals surface area contributed by atoms with E-state index < -0.39 is 0 Å². The number of hydrogen-bond donors (Lipinski definition) is 0. The average Bonchev–Trinajstić information content (AvgIpc) is 1.90. The molecule has 0 spiro atoms. The van der Waals surface area contributed by atoms with Gasteiger partial charge >= 0.3 is 6.09 Å². The molecule has 0 rings (SSSR count). The molecule has 0 bridgehead atoms. The van der Waals surface area contributed by atoms with Gasteiger partial charge in [-0.3, -0.25) is 0 Å². The summed E-state index contributed by atoms with van der Waals surface area (Å²) >= 11 is 0. The summed E-state index contributed by atoms with van der Waals surface area (Å²) < 4.78 is 4.59. The minimum atomic E-state index is -0.285. The number of carbonyl (C=O) groups excluding carboxylic acids is 1. The first-order valence-corrected chi connectivity index (χ1v) is 3.94. The molecule has 0 aliphatic carbocycles. The van der Waals surface area contributed by atoms with E-state index >= 15 is 0 Å². The topological polar surface area (TPSA) is 29.5 Å². The lowest BCUT2D eigenvalue weighted by molar-refractivity contribution is 0.124. The highest BCUT2D eigenvalue weighted by Crippen LogP contribution is 1.82. The Bertz CT molecular complexity index is 92.1. The van der Waals surface area contributed by atoms with Crippen molar-refractivity contribution in [3.8, 4) is 0 Å². The quantitative estimate of drug-likeness (QED) is 0.589. The van der Waals surface area contributed by atoms with Crippen molar-refractivity contribution in [2.24, 2.45) is 0 Å². The standard InChI is InChI=1S/C5H11NO2.C3H8/c1-4-8-5(7)6(2)3;1-3-2/h4H2,1-3H3;3H2,1-2H3. The molecule has 0 atom stereocenters. The predicted octanol–water partition coefficient (Wildman–Crippen LogP) is 2.12. The van der Waals surface area contributed by atoms with Crippen LogP contribution in [0.4, 0.5) is 4.79 Å². The van der Waals surface area contributed by atoms with E-state index in [9.17, 15) is 4.79 Å². The van der Waals surface area contributed by atoms with Gasteiger partial charge in [-0.15, -0.1) is 0 Å². The van der Waals surface area contributed by atoms with Crippen molar-refractivity contribution in [2.75, 3.05) is 20.7 Å². The average molecular weight is 161 g/mol. The highest BCUT2D eigenvalue weighted by Gasteiger charge is 1.99. The first kappa shape index (κ1) is 12.9. The Morgan fingerprint density at radius 1 is 1.27 bits per heavy atom. The van der Waals surface area contributed by atoms with Crippen LogP contribution in [0.25, 0.3) is 0 Å². The number of rotatable bonds is 1. The summed E-state index contributed by atoms with van der Waals surface area (Å²) in [4.78, 5) is 11.8. The minimum Gasteiger partial charge on any atom is -0.450 e. The lowest BCUT2D eigenvalue weighted by Gasteiger charge is -2.07. The first-order valence-electron chi connectivity index (χ1n) is 3.94. The molecule has 0 aromatic rings. The molecule has 0 heterocycles. The van der Waals surface area contributed by atoms with Crippen molar-refractivity contribution in [3.63, 3.8) is 0 Å². The number of hydrogen-bond acceptors (Lipinski definition) is 2. The summed E-state index contributed by atoms with van der Waals surface area (Å²) in [5.41, 5.74) is 0. The zero-order valence-corrected chi connectivity index (χ0v) is 8.18. The Morgan fingerprint density at radius 2 is 1.64 bits per heavy atom. The molecule has 0 saturated carbocycles. The molecule has 1 amide bonds. The summed E-state index contributed by atoms with van der Waals surface area (Å²) in [6.45, 7) is 6.47. The fraction of sp³-hybridized carbons (Fsp3) is 0.875. The largest absolute Gasteiger partial charge is 0.450 e. The third kappa shape index (κ3) is 12.5. The van der Waals surface area contributed by atoms with E-state index in [1.807, 2.05) is 0 Å². The Kier molecular flexibility index (Phi) is 10.9. The van der Waals surface area contributed by atoms with Crippen molar-refractivity contribution in [1.29, 1.82) is 0 Å². The molecule has 11 heavy (non-hydrogen) atoms. The molecule has 0 radical (unpaired) electrons. The van der Waals surface area contributed by atoms with Crippen LogP contribution in [0.3, 0.4) is 0 Å². The normalized spacial score (nSPS) is 7.73. The van der Waals surface area contributed by atoms with Gasteiger partial charge in [-0.05, 0) is 6.92 Å². The van der Waals surface area contributed by atoms with Gasteiger partial charge in [0, 0.05) is 14.1 Å². The van der Waals surface area contributed by atoms with E-state index in [1.165, 1.54) is 11.3 Å². The predicted molar refractivity (Wildman–Crippen MR) is 46.7 cm³/mol. The van der Waals surface area contributed by atoms with Crippen molar-refractivity contribution in [3.05, 3.63) is 0 Å². The van der Waals surface area contributed by atoms with Crippen LogP contribution in [0.15, 0.2) is 0 Å². The van der Waals surface area contributed by atoms with E-state index in [4.69, 9.17) is 0 Å². The van der Waals surface area contributed by atoms with Crippen LogP contribution in [-0.2, 0) is 4.74 Å². The first-order chi connectivity index (χ1) is 5.09. The SMILES string of the molecule is CCC.CCOC(=O)N(C)C. The van der Waals surface area contributed by atoms with Crippen LogP contribution in [0, 0.1) is 0 Å². The van der Waals surface area contributed by atoms with Crippen LogP contribution in [-0.4, -0.2) is 31.7 Å². The number of carbonyl (C=O) groups is 1. The molecule has 0 aliphatic heterocycles. The second-order valence-corrected chi connectivity index (χ2v) is 2.30. The Morgan fingerprint density at radius 3 is 1.73 bits per heavy atom. The lowest BCUT2D eigenvalue weighted by atomic mass is 10.6. The Hall–Kier alpha value is -0.730. The molecule has 0 unspecified atom stereocenters. The van der Waals surface area contributed by atoms with E-state index in [2.05, 4.69) is 18.6 Å². The van der Waals surface area contributed by atoms with Crippen LogP contribution in [0.1, 0.15) is 27.2 Å². The summed E-state index contributed by atoms with van der Waals surface area (Å²) in [7, 11) is 3.30. The maximum absolute atomic E-state index is 10.4. The van der Waals surface area contributed by atoms with Crippen LogP contribution < -0.4 is 0 Å². The summed E-state index contributed by atoms with van der Waals surface area (Å²) in [5.74, 6) is 0. The van der Waals surface area contributed by atoms with Crippen molar-refractivity contribution < 1.29 is 9.53 Å². The summed E-state index contributed by atoms with van der Waals surface area (Å²) in [6.07, 6.45) is 0.965. The fourth-order valence-corrected chi connectivity index (χ4v) is 0.253. The van der Waals surface area contributed by atoms with Gasteiger partial charge in [0.25, 0.3) is 0 Å². The molecule has 0 N–H and O–H groups in total. The Labute approximate surface area is 69.3 Å². The molecule has 0 saturated heterocycles. The van der Waals surface area contributed by atoms with Gasteiger partial charge in [0.2, 0.25) is 0 Å². The molecule has 0 fully saturated rings.